The van der Waals surface area contributed by atoms with Gasteiger partial charge < -0.3 is 13.6 Å². The summed E-state index contributed by atoms with van der Waals surface area (Å²) in [5.74, 6) is -0.346. The monoisotopic (exact) mass is 304 g/mol. The average molecular weight is 305 g/mol. The van der Waals surface area contributed by atoms with Crippen molar-refractivity contribution >= 4 is 30.1 Å². The molecule has 0 aliphatic heterocycles. The van der Waals surface area contributed by atoms with Crippen LogP contribution in [0.1, 0.15) is 0 Å². The third-order valence-electron chi connectivity index (χ3n) is 2.33. The lowest BCUT2D eigenvalue weighted by atomic mass is 10.7. The van der Waals surface area contributed by atoms with Gasteiger partial charge >= 0.3 is 0 Å². The van der Waals surface area contributed by atoms with Gasteiger partial charge in [0.1, 0.15) is 11.3 Å². The van der Waals surface area contributed by atoms with Crippen LogP contribution in [0.3, 0.4) is 0 Å². The fraction of sp³-hybridized carbons (Fsp3) is 0.750. The van der Waals surface area contributed by atoms with Crippen molar-refractivity contribution in [1.29, 1.82) is 0 Å². The smallest absolute Gasteiger partial charge is 0.194 e. The van der Waals surface area contributed by atoms with Crippen molar-refractivity contribution in [3.8, 4) is 0 Å². The molecule has 0 aromatic heterocycles. The minimum atomic E-state index is -2.29. The highest BCUT2D eigenvalue weighted by Crippen LogP contribution is 2.23. The molecule has 106 valence electrons. The Morgan fingerprint density at radius 2 is 1.28 bits per heavy atom. The molecule has 18 heavy (non-hydrogen) atoms. The second kappa shape index (κ2) is 5.96. The van der Waals surface area contributed by atoms with Crippen LogP contribution in [0.5, 0.6) is 0 Å². The summed E-state index contributed by atoms with van der Waals surface area (Å²) in [6, 6.07) is 0. The lowest BCUT2D eigenvalue weighted by Gasteiger charge is -2.38. The maximum Gasteiger partial charge on any atom is 0.194 e. The van der Waals surface area contributed by atoms with Gasteiger partial charge in [0.05, 0.1) is 0 Å². The fourth-order valence-electron chi connectivity index (χ4n) is 1.34. The fourth-order valence-corrected chi connectivity index (χ4v) is 8.05. The summed E-state index contributed by atoms with van der Waals surface area (Å²) in [6.07, 6.45) is 1.42. The van der Waals surface area contributed by atoms with Crippen molar-refractivity contribution in [2.24, 2.45) is 0 Å². The molecule has 0 rings (SSSR count). The van der Waals surface area contributed by atoms with E-state index in [1.165, 1.54) is 6.08 Å². The van der Waals surface area contributed by atoms with Crippen molar-refractivity contribution in [3.05, 3.63) is 12.7 Å². The van der Waals surface area contributed by atoms with Gasteiger partial charge in [-0.05, 0) is 45.4 Å². The van der Waals surface area contributed by atoms with Crippen LogP contribution in [-0.2, 0) is 13.6 Å². The van der Waals surface area contributed by atoms with Gasteiger partial charge in [0.25, 0.3) is 0 Å². The topological polar surface area (TPSA) is 35.5 Å². The lowest BCUT2D eigenvalue weighted by molar-refractivity contribution is -0.109. The molecule has 0 aromatic rings. The van der Waals surface area contributed by atoms with E-state index in [4.69, 9.17) is 8.85 Å². The van der Waals surface area contributed by atoms with E-state index in [1.807, 2.05) is 13.1 Å². The van der Waals surface area contributed by atoms with E-state index in [9.17, 15) is 4.79 Å². The molecule has 0 aliphatic carbocycles. The Morgan fingerprint density at radius 3 is 1.50 bits per heavy atom. The average Bonchev–Trinajstić information content (AvgIpc) is 2.10. The predicted molar refractivity (Wildman–Crippen MR) is 85.3 cm³/mol. The van der Waals surface area contributed by atoms with Crippen LogP contribution in [0.2, 0.25) is 52.4 Å². The quantitative estimate of drug-likeness (QED) is 0.410. The number of carbonyl (C=O) groups excluding carboxylic acids is 1. The first kappa shape index (κ1) is 18.0. The summed E-state index contributed by atoms with van der Waals surface area (Å²) in [5.41, 5.74) is 0. The number of hydrogen-bond acceptors (Lipinski definition) is 3. The number of hydrogen-bond donors (Lipinski definition) is 0. The maximum absolute atomic E-state index is 12.1. The van der Waals surface area contributed by atoms with Crippen LogP contribution < -0.4 is 0 Å². The van der Waals surface area contributed by atoms with Gasteiger partial charge in [-0.2, -0.15) is 0 Å². The zero-order valence-corrected chi connectivity index (χ0v) is 16.1. The van der Waals surface area contributed by atoms with Gasteiger partial charge in [-0.25, -0.2) is 0 Å². The molecule has 0 aromatic carbocycles. The molecule has 0 saturated heterocycles. The van der Waals surface area contributed by atoms with Crippen molar-refractivity contribution in [2.75, 3.05) is 0 Å². The van der Waals surface area contributed by atoms with Crippen LogP contribution in [0.25, 0.3) is 0 Å². The molecule has 0 saturated carbocycles. The van der Waals surface area contributed by atoms with Crippen molar-refractivity contribution in [3.63, 3.8) is 0 Å². The third kappa shape index (κ3) is 6.24. The van der Waals surface area contributed by atoms with E-state index in [1.54, 1.807) is 0 Å². The zero-order chi connectivity index (χ0) is 14.8. The van der Waals surface area contributed by atoms with Crippen LogP contribution in [0, 0.1) is 0 Å². The molecule has 0 N–H and O–H groups in total. The molecule has 0 radical (unpaired) electrons. The molecule has 0 aliphatic rings. The minimum absolute atomic E-state index is 0.101. The summed E-state index contributed by atoms with van der Waals surface area (Å²) in [6.45, 7) is 20.3. The Labute approximate surface area is 115 Å². The molecule has 0 unspecified atom stereocenters. The summed E-state index contributed by atoms with van der Waals surface area (Å²) in [5, 5.41) is 0.101. The van der Waals surface area contributed by atoms with Gasteiger partial charge in [0.15, 0.2) is 24.7 Å². The van der Waals surface area contributed by atoms with Gasteiger partial charge in [-0.15, -0.1) is 0 Å². The number of carbonyl (C=O) groups is 1. The van der Waals surface area contributed by atoms with Crippen LogP contribution in [0.4, 0.5) is 0 Å². The second-order valence-electron chi connectivity index (χ2n) is 7.08. The highest BCUT2D eigenvalue weighted by Gasteiger charge is 2.43. The number of allylic oxidation sites excluding steroid dienone is 1. The van der Waals surface area contributed by atoms with Crippen molar-refractivity contribution < 1.29 is 13.6 Å². The predicted octanol–water partition coefficient (Wildman–Crippen LogP) is 3.56. The Morgan fingerprint density at radius 1 is 0.944 bits per heavy atom. The Balaban J connectivity index is 5.20. The second-order valence-corrected chi connectivity index (χ2v) is 20.4. The summed E-state index contributed by atoms with van der Waals surface area (Å²) >= 11 is 0. The molecular formula is C12H28O3Si3. The standard InChI is InChI=1S/C12H28O3Si3/c1-10-11(13)18(8,9)12(14-16(2,3)4)15-17(5,6)7/h10,12H,1H2,2-9H3. The molecule has 0 bridgehead atoms. The number of rotatable bonds is 7. The molecule has 3 nitrogen and oxygen atoms in total. The molecule has 0 fully saturated rings. The molecular weight excluding hydrogens is 276 g/mol. The summed E-state index contributed by atoms with van der Waals surface area (Å²) in [7, 11) is -5.77. The van der Waals surface area contributed by atoms with E-state index < -0.39 is 24.7 Å². The van der Waals surface area contributed by atoms with Gasteiger partial charge in [-0.1, -0.05) is 19.7 Å². The summed E-state index contributed by atoms with van der Waals surface area (Å²) < 4.78 is 12.3. The van der Waals surface area contributed by atoms with Crippen LogP contribution in [-0.4, -0.2) is 36.0 Å². The molecule has 6 heteroatoms. The largest absolute Gasteiger partial charge is 0.396 e. The van der Waals surface area contributed by atoms with E-state index in [0.717, 1.165) is 0 Å². The van der Waals surface area contributed by atoms with Crippen LogP contribution in [0.15, 0.2) is 12.7 Å². The SMILES string of the molecule is C=CC(=O)[Si](C)(C)C(O[Si](C)(C)C)O[Si](C)(C)C. The lowest BCUT2D eigenvalue weighted by Crippen LogP contribution is -2.57. The Kier molecular flexibility index (Phi) is 5.95. The highest BCUT2D eigenvalue weighted by atomic mass is 28.4. The van der Waals surface area contributed by atoms with Crippen molar-refractivity contribution in [1.82, 2.24) is 0 Å². The first-order chi connectivity index (χ1) is 7.79. The Hall–Kier alpha value is -0.0194. The minimum Gasteiger partial charge on any atom is -0.396 e. The normalized spacial score (nSPS) is 13.8. The molecule has 0 atom stereocenters. The first-order valence-electron chi connectivity index (χ1n) is 6.32. The first-order valence-corrected chi connectivity index (χ1v) is 16.2. The van der Waals surface area contributed by atoms with Gasteiger partial charge in [-0.3, -0.25) is 0 Å². The van der Waals surface area contributed by atoms with E-state index >= 15 is 0 Å². The molecule has 0 amide bonds. The molecule has 0 heterocycles. The van der Waals surface area contributed by atoms with Gasteiger partial charge in [0.2, 0.25) is 0 Å². The Bertz CT molecular complexity index is 298. The highest BCUT2D eigenvalue weighted by molar-refractivity contribution is 7.06. The summed E-state index contributed by atoms with van der Waals surface area (Å²) in [4.78, 5) is 12.1. The third-order valence-corrected chi connectivity index (χ3v) is 7.53. The maximum atomic E-state index is 12.1. The molecule has 0 spiro atoms. The van der Waals surface area contributed by atoms with E-state index in [2.05, 4.69) is 45.9 Å². The zero-order valence-electron chi connectivity index (χ0n) is 13.1. The van der Waals surface area contributed by atoms with Crippen molar-refractivity contribution in [2.45, 2.75) is 58.3 Å². The van der Waals surface area contributed by atoms with Gasteiger partial charge in [0, 0.05) is 0 Å². The van der Waals surface area contributed by atoms with Crippen LogP contribution >= 0.6 is 0 Å². The van der Waals surface area contributed by atoms with E-state index in [0.29, 0.717) is 0 Å². The van der Waals surface area contributed by atoms with E-state index in [-0.39, 0.29) is 11.3 Å².